The van der Waals surface area contributed by atoms with Gasteiger partial charge < -0.3 is 18.9 Å². The highest BCUT2D eigenvalue weighted by Crippen LogP contribution is 2.36. The molecule has 0 saturated heterocycles. The Bertz CT molecular complexity index is 1520. The molecule has 38 heavy (non-hydrogen) atoms. The fraction of sp³-hybridized carbons (Fsp3) is 0.222. The minimum atomic E-state index is -1.26. The van der Waals surface area contributed by atoms with Crippen LogP contribution in [0.4, 0.5) is 0 Å². The van der Waals surface area contributed by atoms with Crippen molar-refractivity contribution in [1.82, 2.24) is 29.4 Å². The highest BCUT2D eigenvalue weighted by molar-refractivity contribution is 7.89. The van der Waals surface area contributed by atoms with Crippen molar-refractivity contribution in [3.8, 4) is 39.8 Å². The van der Waals surface area contributed by atoms with Gasteiger partial charge in [0.15, 0.2) is 16.4 Å². The maximum Gasteiger partial charge on any atom is 0.251 e. The van der Waals surface area contributed by atoms with E-state index in [-0.39, 0.29) is 0 Å². The van der Waals surface area contributed by atoms with E-state index in [0.717, 1.165) is 44.7 Å². The molecule has 5 aromatic rings. The molecule has 196 valence electrons. The number of hydrogen-bond acceptors (Lipinski definition) is 9. The maximum absolute atomic E-state index is 12.5. The lowest BCUT2D eigenvalue weighted by atomic mass is 10.1. The number of nitrogens with one attached hydrogen (secondary N) is 1. The Morgan fingerprint density at radius 1 is 1.00 bits per heavy atom. The molecule has 1 unspecified atom stereocenters. The minimum Gasteiger partial charge on any atom is -0.593 e. The Labute approximate surface area is 228 Å². The summed E-state index contributed by atoms with van der Waals surface area (Å²) in [5.41, 5.74) is 4.36. The highest BCUT2D eigenvalue weighted by atomic mass is 32.2. The van der Waals surface area contributed by atoms with Gasteiger partial charge in [-0.3, -0.25) is 0 Å². The van der Waals surface area contributed by atoms with Gasteiger partial charge in [-0.05, 0) is 61.4 Å². The summed E-state index contributed by atoms with van der Waals surface area (Å²) in [7, 11) is 7.19. The molecule has 9 nitrogen and oxygen atoms in total. The van der Waals surface area contributed by atoms with Crippen LogP contribution in [0.3, 0.4) is 0 Å². The van der Waals surface area contributed by atoms with Gasteiger partial charge in [-0.25, -0.2) is 14.6 Å². The molecule has 0 aliphatic rings. The Hall–Kier alpha value is -3.48. The van der Waals surface area contributed by atoms with Gasteiger partial charge in [0.25, 0.3) is 5.95 Å². The van der Waals surface area contributed by atoms with Gasteiger partial charge >= 0.3 is 0 Å². The molecule has 0 saturated carbocycles. The molecule has 0 bridgehead atoms. The number of nitrogens with zero attached hydrogens (tertiary/aromatic N) is 5. The zero-order valence-corrected chi connectivity index (χ0v) is 23.2. The minimum absolute atomic E-state index is 0.444. The van der Waals surface area contributed by atoms with Crippen LogP contribution in [-0.2, 0) is 11.4 Å². The van der Waals surface area contributed by atoms with Crippen LogP contribution in [-0.4, -0.2) is 70.6 Å². The molecule has 0 aliphatic heterocycles. The molecule has 0 amide bonds. The van der Waals surface area contributed by atoms with Gasteiger partial charge in [0.05, 0.1) is 49.5 Å². The van der Waals surface area contributed by atoms with Crippen molar-refractivity contribution in [2.24, 2.45) is 0 Å². The standard InChI is InChI=1S/C27H28N6O3S2/c1-32(2)11-10-29-38(34)21-7-5-18(6-8-21)20-15-28-33(16-20)27-30-23-14-25(36-4)24(35-3)13-22(23)26(31-27)19-9-12-37-17-19/h5-9,12-17,29H,10-11H2,1-4H3. The largest absolute Gasteiger partial charge is 0.593 e. The average molecular weight is 549 g/mol. The number of ether oxygens (including phenoxy) is 2. The molecule has 3 heterocycles. The molecule has 0 aliphatic carbocycles. The van der Waals surface area contributed by atoms with Gasteiger partial charge in [-0.15, -0.1) is 4.72 Å². The fourth-order valence-electron chi connectivity index (χ4n) is 3.96. The third-order valence-electron chi connectivity index (χ3n) is 5.97. The highest BCUT2D eigenvalue weighted by Gasteiger charge is 2.17. The lowest BCUT2D eigenvalue weighted by Gasteiger charge is -2.13. The van der Waals surface area contributed by atoms with Crippen LogP contribution < -0.4 is 14.2 Å². The number of aromatic nitrogens is 4. The Balaban J connectivity index is 1.46. The molecular weight excluding hydrogens is 520 g/mol. The number of hydrogen-bond donors (Lipinski definition) is 1. The number of benzene rings is 2. The van der Waals surface area contributed by atoms with Gasteiger partial charge in [-0.2, -0.15) is 16.4 Å². The molecule has 1 N–H and O–H groups in total. The summed E-state index contributed by atoms with van der Waals surface area (Å²) >= 11 is 0.344. The summed E-state index contributed by atoms with van der Waals surface area (Å²) < 4.78 is 28.2. The van der Waals surface area contributed by atoms with Gasteiger partial charge in [0.2, 0.25) is 0 Å². The van der Waals surface area contributed by atoms with Crippen LogP contribution in [0.1, 0.15) is 0 Å². The van der Waals surface area contributed by atoms with Crippen LogP contribution in [0.15, 0.2) is 70.5 Å². The SMILES string of the molecule is COc1cc2nc(-n3cc(-c4ccc([S+]([O-])NCCN(C)C)cc4)cn3)nc(-c3ccsc3)c2cc1OC. The second-order valence-electron chi connectivity index (χ2n) is 8.77. The smallest absolute Gasteiger partial charge is 0.251 e. The summed E-state index contributed by atoms with van der Waals surface area (Å²) in [6, 6.07) is 13.4. The van der Waals surface area contributed by atoms with Crippen molar-refractivity contribution in [2.45, 2.75) is 4.90 Å². The average Bonchev–Trinajstić information content (AvgIpc) is 3.64. The van der Waals surface area contributed by atoms with Crippen LogP contribution in [0.5, 0.6) is 11.5 Å². The van der Waals surface area contributed by atoms with E-state index in [2.05, 4.69) is 15.2 Å². The fourth-order valence-corrected chi connectivity index (χ4v) is 5.43. The van der Waals surface area contributed by atoms with Gasteiger partial charge in [-0.1, -0.05) is 0 Å². The van der Waals surface area contributed by atoms with Crippen molar-refractivity contribution in [2.75, 3.05) is 41.4 Å². The van der Waals surface area contributed by atoms with Crippen molar-refractivity contribution >= 4 is 33.6 Å². The Kier molecular flexibility index (Phi) is 7.91. The van der Waals surface area contributed by atoms with Crippen molar-refractivity contribution in [3.05, 3.63) is 65.6 Å². The topological polar surface area (TPSA) is 100 Å². The van der Waals surface area contributed by atoms with Crippen molar-refractivity contribution in [3.63, 3.8) is 0 Å². The zero-order chi connectivity index (χ0) is 26.6. The second kappa shape index (κ2) is 11.5. The van der Waals surface area contributed by atoms with E-state index in [9.17, 15) is 4.55 Å². The quantitative estimate of drug-likeness (QED) is 0.256. The third-order valence-corrected chi connectivity index (χ3v) is 7.82. The first-order chi connectivity index (χ1) is 18.5. The van der Waals surface area contributed by atoms with E-state index < -0.39 is 11.4 Å². The van der Waals surface area contributed by atoms with E-state index in [1.807, 2.05) is 73.0 Å². The van der Waals surface area contributed by atoms with E-state index in [1.165, 1.54) is 0 Å². The Morgan fingerprint density at radius 2 is 1.76 bits per heavy atom. The third kappa shape index (κ3) is 5.52. The molecule has 5 rings (SSSR count). The first kappa shape index (κ1) is 26.1. The van der Waals surface area contributed by atoms with Gasteiger partial charge in [0.1, 0.15) is 0 Å². The van der Waals surface area contributed by atoms with Crippen molar-refractivity contribution in [1.29, 1.82) is 0 Å². The monoisotopic (exact) mass is 548 g/mol. The first-order valence-electron chi connectivity index (χ1n) is 11.9. The molecule has 0 radical (unpaired) electrons. The lowest BCUT2D eigenvalue weighted by Crippen LogP contribution is -2.31. The number of likely N-dealkylation sites (N-methyl/N-ethyl adjacent to an activating group) is 1. The molecular formula is C27H28N6O3S2. The molecule has 3 aromatic heterocycles. The Morgan fingerprint density at radius 3 is 2.45 bits per heavy atom. The van der Waals surface area contributed by atoms with Crippen LogP contribution in [0.2, 0.25) is 0 Å². The summed E-state index contributed by atoms with van der Waals surface area (Å²) in [4.78, 5) is 12.4. The van der Waals surface area contributed by atoms with Crippen LogP contribution >= 0.6 is 11.3 Å². The number of fused-ring (bicyclic) bond motifs is 1. The predicted octanol–water partition coefficient (Wildman–Crippen LogP) is 4.40. The van der Waals surface area contributed by atoms with Crippen LogP contribution in [0, 0.1) is 0 Å². The predicted molar refractivity (Wildman–Crippen MR) is 151 cm³/mol. The number of methoxy groups -OCH3 is 2. The summed E-state index contributed by atoms with van der Waals surface area (Å²) in [6.07, 6.45) is 3.66. The van der Waals surface area contributed by atoms with E-state index in [1.54, 1.807) is 36.4 Å². The van der Waals surface area contributed by atoms with Gasteiger partial charge in [0, 0.05) is 40.7 Å². The van der Waals surface area contributed by atoms with Crippen LogP contribution in [0.25, 0.3) is 39.2 Å². The summed E-state index contributed by atoms with van der Waals surface area (Å²) in [5.74, 6) is 1.65. The molecule has 0 fully saturated rings. The molecule has 2 aromatic carbocycles. The second-order valence-corrected chi connectivity index (χ2v) is 10.9. The zero-order valence-electron chi connectivity index (χ0n) is 21.5. The lowest BCUT2D eigenvalue weighted by molar-refractivity contribution is 0.356. The summed E-state index contributed by atoms with van der Waals surface area (Å²) in [6.45, 7) is 1.46. The maximum atomic E-state index is 12.5. The van der Waals surface area contributed by atoms with E-state index in [0.29, 0.717) is 24.0 Å². The first-order valence-corrected chi connectivity index (χ1v) is 14.0. The molecule has 11 heteroatoms. The van der Waals surface area contributed by atoms with E-state index in [4.69, 9.17) is 19.4 Å². The molecule has 1 atom stereocenters. The number of thiophene rings is 1. The number of rotatable bonds is 10. The van der Waals surface area contributed by atoms with Crippen molar-refractivity contribution < 1.29 is 14.0 Å². The summed E-state index contributed by atoms with van der Waals surface area (Å²) in [5, 5.41) is 9.48. The molecule has 0 spiro atoms. The van der Waals surface area contributed by atoms with E-state index >= 15 is 0 Å². The normalized spacial score (nSPS) is 12.3.